The van der Waals surface area contributed by atoms with E-state index in [1.165, 1.54) is 25.2 Å². The van der Waals surface area contributed by atoms with Gasteiger partial charge in [-0.05, 0) is 75.2 Å². The Hall–Kier alpha value is -3.76. The summed E-state index contributed by atoms with van der Waals surface area (Å²) in [6.07, 6.45) is 5.54. The number of piperidine rings is 1. The van der Waals surface area contributed by atoms with Gasteiger partial charge in [0.25, 0.3) is 17.7 Å². The van der Waals surface area contributed by atoms with E-state index in [0.717, 1.165) is 31.6 Å². The van der Waals surface area contributed by atoms with Crippen molar-refractivity contribution in [2.24, 2.45) is 5.73 Å². The van der Waals surface area contributed by atoms with Crippen molar-refractivity contribution < 1.29 is 18.8 Å². The number of carbonyl (C=O) groups is 3. The zero-order valence-corrected chi connectivity index (χ0v) is 21.8. The van der Waals surface area contributed by atoms with E-state index in [-0.39, 0.29) is 22.0 Å². The number of H-pyrrole nitrogens is 1. The second-order valence-electron chi connectivity index (χ2n) is 9.31. The van der Waals surface area contributed by atoms with Gasteiger partial charge in [0.15, 0.2) is 5.69 Å². The first kappa shape index (κ1) is 27.3. The first-order valence-electron chi connectivity index (χ1n) is 12.5. The average molecular weight is 541 g/mol. The maximum Gasteiger partial charge on any atom is 0.279 e. The molecule has 4 rings (SSSR count). The Kier molecular flexibility index (Phi) is 8.75. The van der Waals surface area contributed by atoms with Crippen LogP contribution in [0.4, 0.5) is 15.8 Å². The van der Waals surface area contributed by atoms with Crippen LogP contribution in [-0.2, 0) is 0 Å². The number of carbonyl (C=O) groups excluding carboxylic acids is 3. The van der Waals surface area contributed by atoms with Crippen molar-refractivity contribution in [1.82, 2.24) is 14.9 Å². The number of nitrogens with zero attached hydrogens (tertiary/aromatic N) is 3. The van der Waals surface area contributed by atoms with Crippen LogP contribution in [0.25, 0.3) is 0 Å². The van der Waals surface area contributed by atoms with Crippen LogP contribution in [0.15, 0.2) is 48.8 Å². The molecule has 3 aromatic rings. The van der Waals surface area contributed by atoms with Crippen LogP contribution in [0.3, 0.4) is 0 Å². The number of imidazole rings is 1. The van der Waals surface area contributed by atoms with Crippen LogP contribution < -0.4 is 16.0 Å². The van der Waals surface area contributed by atoms with Crippen LogP contribution in [0, 0.1) is 5.82 Å². The lowest BCUT2D eigenvalue weighted by Crippen LogP contribution is -2.40. The van der Waals surface area contributed by atoms with Crippen molar-refractivity contribution in [2.75, 3.05) is 29.9 Å². The Balaban J connectivity index is 1.52. The molecule has 1 fully saturated rings. The molecule has 1 atom stereocenters. The van der Waals surface area contributed by atoms with Gasteiger partial charge in [-0.3, -0.25) is 14.4 Å². The Labute approximate surface area is 225 Å². The number of hydrogen-bond acceptors (Lipinski definition) is 5. The molecule has 2 aromatic carbocycles. The van der Waals surface area contributed by atoms with Crippen LogP contribution in [0.5, 0.6) is 0 Å². The van der Waals surface area contributed by atoms with E-state index in [1.807, 2.05) is 0 Å². The Bertz CT molecular complexity index is 1310. The molecule has 0 bridgehead atoms. The van der Waals surface area contributed by atoms with Crippen LogP contribution in [0.1, 0.15) is 63.9 Å². The highest BCUT2D eigenvalue weighted by atomic mass is 35.5. The summed E-state index contributed by atoms with van der Waals surface area (Å²) in [5.41, 5.74) is 6.49. The molecule has 3 amide bonds. The largest absolute Gasteiger partial charge is 0.364 e. The van der Waals surface area contributed by atoms with E-state index in [9.17, 15) is 18.8 Å². The van der Waals surface area contributed by atoms with Crippen LogP contribution in [-0.4, -0.2) is 58.3 Å². The normalized spacial score (nSPS) is 15.7. The quantitative estimate of drug-likeness (QED) is 0.369. The molecule has 0 spiro atoms. The van der Waals surface area contributed by atoms with E-state index >= 15 is 0 Å². The van der Waals surface area contributed by atoms with E-state index in [2.05, 4.69) is 27.1 Å². The van der Waals surface area contributed by atoms with Gasteiger partial charge < -0.3 is 25.8 Å². The number of primary amides is 1. The predicted octanol–water partition coefficient (Wildman–Crippen LogP) is 4.46. The number of rotatable bonds is 9. The lowest BCUT2D eigenvalue weighted by Gasteiger charge is -2.34. The standard InChI is InChI=1S/C27H30ClFN6O3/c1-17-5-2-3-12-34(17)13-4-14-35(27(38)24-23(25(30)36)31-16-32-24)20-9-7-19(8-10-20)33-26(37)21-11-6-18(29)15-22(21)28/h6-11,15-17H,2-5,12-14H2,1H3,(H2,30,36)(H,31,32)(H,33,37). The first-order valence-corrected chi connectivity index (χ1v) is 12.9. The SMILES string of the molecule is CC1CCCCN1CCCN(C(=O)c1nc[nH]c1C(N)=O)c1ccc(NC(=O)c2ccc(F)cc2Cl)cc1. The molecule has 1 unspecified atom stereocenters. The summed E-state index contributed by atoms with van der Waals surface area (Å²) < 4.78 is 13.3. The van der Waals surface area contributed by atoms with Crippen molar-refractivity contribution in [2.45, 2.75) is 38.6 Å². The van der Waals surface area contributed by atoms with Crippen LogP contribution in [0.2, 0.25) is 5.02 Å². The minimum atomic E-state index is -0.773. The molecule has 1 aliphatic rings. The Morgan fingerprint density at radius 2 is 1.97 bits per heavy atom. The molecule has 200 valence electrons. The predicted molar refractivity (Wildman–Crippen MR) is 144 cm³/mol. The summed E-state index contributed by atoms with van der Waals surface area (Å²) in [4.78, 5) is 48.6. The number of likely N-dealkylation sites (tertiary alicyclic amines) is 1. The summed E-state index contributed by atoms with van der Waals surface area (Å²) in [5.74, 6) is -2.26. The fourth-order valence-corrected chi connectivity index (χ4v) is 4.89. The highest BCUT2D eigenvalue weighted by Crippen LogP contribution is 2.24. The molecule has 4 N–H and O–H groups in total. The van der Waals surface area contributed by atoms with E-state index < -0.39 is 23.5 Å². The number of hydrogen-bond donors (Lipinski definition) is 3. The number of benzene rings is 2. The lowest BCUT2D eigenvalue weighted by molar-refractivity contribution is 0.0953. The molecule has 11 heteroatoms. The van der Waals surface area contributed by atoms with Gasteiger partial charge in [0.1, 0.15) is 11.5 Å². The molecular formula is C27H30ClFN6O3. The number of nitrogens with two attached hydrogens (primary N) is 1. The van der Waals surface area contributed by atoms with Gasteiger partial charge in [0.2, 0.25) is 0 Å². The number of halogens is 2. The van der Waals surface area contributed by atoms with Crippen molar-refractivity contribution in [3.8, 4) is 0 Å². The Morgan fingerprint density at radius 1 is 1.21 bits per heavy atom. The maximum absolute atomic E-state index is 13.5. The molecule has 2 heterocycles. The minimum absolute atomic E-state index is 0.00294. The third-order valence-electron chi connectivity index (χ3n) is 6.71. The number of aromatic amines is 1. The summed E-state index contributed by atoms with van der Waals surface area (Å²) in [6.45, 7) is 4.48. The van der Waals surface area contributed by atoms with Gasteiger partial charge in [0, 0.05) is 30.5 Å². The molecule has 9 nitrogen and oxygen atoms in total. The van der Waals surface area contributed by atoms with Gasteiger partial charge in [-0.15, -0.1) is 0 Å². The molecule has 1 saturated heterocycles. The summed E-state index contributed by atoms with van der Waals surface area (Å²) in [5, 5.41) is 2.72. The molecular weight excluding hydrogens is 511 g/mol. The summed E-state index contributed by atoms with van der Waals surface area (Å²) in [6, 6.07) is 10.7. The molecule has 0 aliphatic carbocycles. The fourth-order valence-electron chi connectivity index (χ4n) is 4.64. The smallest absolute Gasteiger partial charge is 0.279 e. The monoisotopic (exact) mass is 540 g/mol. The molecule has 1 aromatic heterocycles. The lowest BCUT2D eigenvalue weighted by atomic mass is 10.0. The van der Waals surface area contributed by atoms with Crippen molar-refractivity contribution in [1.29, 1.82) is 0 Å². The number of amides is 3. The van der Waals surface area contributed by atoms with Gasteiger partial charge >= 0.3 is 0 Å². The molecule has 0 saturated carbocycles. The molecule has 38 heavy (non-hydrogen) atoms. The fraction of sp³-hybridized carbons (Fsp3) is 0.333. The summed E-state index contributed by atoms with van der Waals surface area (Å²) >= 11 is 6.00. The number of anilines is 2. The Morgan fingerprint density at radius 3 is 2.66 bits per heavy atom. The van der Waals surface area contributed by atoms with Crippen molar-refractivity contribution >= 4 is 40.7 Å². The van der Waals surface area contributed by atoms with Crippen molar-refractivity contribution in [3.05, 3.63) is 76.6 Å². The number of nitrogens with one attached hydrogen (secondary N) is 2. The topological polar surface area (TPSA) is 124 Å². The van der Waals surface area contributed by atoms with Crippen LogP contribution >= 0.6 is 11.6 Å². The highest BCUT2D eigenvalue weighted by molar-refractivity contribution is 6.34. The van der Waals surface area contributed by atoms with Crippen molar-refractivity contribution in [3.63, 3.8) is 0 Å². The second-order valence-corrected chi connectivity index (χ2v) is 9.71. The highest BCUT2D eigenvalue weighted by Gasteiger charge is 2.26. The number of aromatic nitrogens is 2. The van der Waals surface area contributed by atoms with Gasteiger partial charge in [-0.1, -0.05) is 18.0 Å². The third-order valence-corrected chi connectivity index (χ3v) is 7.03. The van der Waals surface area contributed by atoms with Gasteiger partial charge in [-0.25, -0.2) is 9.37 Å². The van der Waals surface area contributed by atoms with Gasteiger partial charge in [0.05, 0.1) is 16.9 Å². The average Bonchev–Trinajstić information content (AvgIpc) is 3.38. The van der Waals surface area contributed by atoms with E-state index in [4.69, 9.17) is 17.3 Å². The van der Waals surface area contributed by atoms with Gasteiger partial charge in [-0.2, -0.15) is 0 Å². The first-order chi connectivity index (χ1) is 18.2. The zero-order valence-electron chi connectivity index (χ0n) is 21.0. The maximum atomic E-state index is 13.5. The minimum Gasteiger partial charge on any atom is -0.364 e. The van der Waals surface area contributed by atoms with E-state index in [1.54, 1.807) is 29.2 Å². The molecule has 1 aliphatic heterocycles. The third kappa shape index (κ3) is 6.38. The van der Waals surface area contributed by atoms with E-state index in [0.29, 0.717) is 30.4 Å². The summed E-state index contributed by atoms with van der Waals surface area (Å²) in [7, 11) is 0. The zero-order chi connectivity index (χ0) is 27.2. The molecule has 0 radical (unpaired) electrons. The second kappa shape index (κ2) is 12.2.